The molecule has 0 aliphatic rings. The number of aromatic nitrogens is 4. The Morgan fingerprint density at radius 1 is 1.35 bits per heavy atom. The molecule has 0 amide bonds. The zero-order chi connectivity index (χ0) is 12.6. The summed E-state index contributed by atoms with van der Waals surface area (Å²) in [6.07, 6.45) is 2.05. The molecule has 0 fully saturated rings. The summed E-state index contributed by atoms with van der Waals surface area (Å²) < 4.78 is 4.10. The Morgan fingerprint density at radius 2 is 2.06 bits per heavy atom. The van der Waals surface area contributed by atoms with Crippen molar-refractivity contribution in [2.75, 3.05) is 0 Å². The molecule has 5 heteroatoms. The van der Waals surface area contributed by atoms with Crippen molar-refractivity contribution in [2.24, 2.45) is 7.05 Å². The summed E-state index contributed by atoms with van der Waals surface area (Å²) in [5, 5.41) is 4.55. The molecule has 0 bridgehead atoms. The van der Waals surface area contributed by atoms with E-state index in [1.165, 1.54) is 0 Å². The Bertz CT molecular complexity index is 524. The maximum absolute atomic E-state index is 5.97. The van der Waals surface area contributed by atoms with Crippen LogP contribution in [0.2, 0.25) is 0 Å². The van der Waals surface area contributed by atoms with Gasteiger partial charge in [-0.2, -0.15) is 5.10 Å². The number of imidazole rings is 1. The highest BCUT2D eigenvalue weighted by Crippen LogP contribution is 2.24. The van der Waals surface area contributed by atoms with Crippen molar-refractivity contribution in [3.63, 3.8) is 0 Å². The van der Waals surface area contributed by atoms with Gasteiger partial charge < -0.3 is 4.57 Å². The van der Waals surface area contributed by atoms with Crippen molar-refractivity contribution in [3.05, 3.63) is 11.5 Å². The minimum absolute atomic E-state index is 0.346. The highest BCUT2D eigenvalue weighted by Gasteiger charge is 2.19. The third-order valence-electron chi connectivity index (χ3n) is 2.93. The molecule has 4 nitrogen and oxygen atoms in total. The molecule has 17 heavy (non-hydrogen) atoms. The summed E-state index contributed by atoms with van der Waals surface area (Å²) in [5.74, 6) is 1.38. The van der Waals surface area contributed by atoms with Crippen LogP contribution in [0.4, 0.5) is 0 Å². The van der Waals surface area contributed by atoms with Gasteiger partial charge >= 0.3 is 0 Å². The molecule has 0 spiro atoms. The van der Waals surface area contributed by atoms with Gasteiger partial charge in [-0.15, -0.1) is 11.6 Å². The van der Waals surface area contributed by atoms with Crippen molar-refractivity contribution >= 4 is 22.8 Å². The highest BCUT2D eigenvalue weighted by atomic mass is 35.5. The standard InChI is InChI=1S/C12H19ClN4/c1-5-6-9-11-12(16(4)15-9)17(8(2)3)10(7-13)14-11/h8H,5-7H2,1-4H3. The molecule has 2 heterocycles. The molecule has 0 saturated carbocycles. The Kier molecular flexibility index (Phi) is 3.43. The number of hydrogen-bond acceptors (Lipinski definition) is 2. The Balaban J connectivity index is 2.70. The van der Waals surface area contributed by atoms with E-state index in [0.29, 0.717) is 11.9 Å². The number of fused-ring (bicyclic) bond motifs is 1. The van der Waals surface area contributed by atoms with Gasteiger partial charge in [0.2, 0.25) is 0 Å². The summed E-state index contributed by atoms with van der Waals surface area (Å²) in [6.45, 7) is 6.44. The highest BCUT2D eigenvalue weighted by molar-refractivity contribution is 6.16. The molecule has 2 aromatic heterocycles. The van der Waals surface area contributed by atoms with Crippen molar-refractivity contribution in [1.29, 1.82) is 0 Å². The van der Waals surface area contributed by atoms with Gasteiger partial charge in [0.05, 0.1) is 11.6 Å². The summed E-state index contributed by atoms with van der Waals surface area (Å²) in [6, 6.07) is 0.346. The van der Waals surface area contributed by atoms with Gasteiger partial charge in [0.15, 0.2) is 5.65 Å². The van der Waals surface area contributed by atoms with Gasteiger partial charge in [0.1, 0.15) is 11.3 Å². The second kappa shape index (κ2) is 4.69. The van der Waals surface area contributed by atoms with E-state index in [9.17, 15) is 0 Å². The van der Waals surface area contributed by atoms with Crippen molar-refractivity contribution < 1.29 is 0 Å². The van der Waals surface area contributed by atoms with Crippen LogP contribution in [0.15, 0.2) is 0 Å². The largest absolute Gasteiger partial charge is 0.309 e. The summed E-state index contributed by atoms with van der Waals surface area (Å²) in [5.41, 5.74) is 3.17. The Morgan fingerprint density at radius 3 is 2.59 bits per heavy atom. The van der Waals surface area contributed by atoms with Gasteiger partial charge in [0, 0.05) is 13.1 Å². The predicted octanol–water partition coefficient (Wildman–Crippen LogP) is 3.04. The second-order valence-electron chi connectivity index (χ2n) is 4.62. The quantitative estimate of drug-likeness (QED) is 0.787. The van der Waals surface area contributed by atoms with Crippen molar-refractivity contribution in [2.45, 2.75) is 45.5 Å². The summed E-state index contributed by atoms with van der Waals surface area (Å²) in [4.78, 5) is 4.64. The van der Waals surface area contributed by atoms with Crippen LogP contribution in [0.3, 0.4) is 0 Å². The van der Waals surface area contributed by atoms with Crippen molar-refractivity contribution in [1.82, 2.24) is 19.3 Å². The molecule has 0 radical (unpaired) electrons. The van der Waals surface area contributed by atoms with E-state index in [2.05, 4.69) is 35.4 Å². The first kappa shape index (κ1) is 12.4. The molecule has 94 valence electrons. The monoisotopic (exact) mass is 254 g/mol. The van der Waals surface area contributed by atoms with Crippen LogP contribution >= 0.6 is 11.6 Å². The number of halogens is 1. The summed E-state index contributed by atoms with van der Waals surface area (Å²) in [7, 11) is 1.97. The van der Waals surface area contributed by atoms with Crippen LogP contribution in [0, 0.1) is 0 Å². The normalized spacial score (nSPS) is 11.9. The average molecular weight is 255 g/mol. The van der Waals surface area contributed by atoms with Crippen LogP contribution in [-0.2, 0) is 19.3 Å². The first-order valence-electron chi connectivity index (χ1n) is 6.08. The fourth-order valence-corrected chi connectivity index (χ4v) is 2.48. The smallest absolute Gasteiger partial charge is 0.158 e. The molecule has 0 aromatic carbocycles. The van der Waals surface area contributed by atoms with Crippen LogP contribution in [0.5, 0.6) is 0 Å². The van der Waals surface area contributed by atoms with Gasteiger partial charge in [-0.05, 0) is 20.3 Å². The molecule has 0 N–H and O–H groups in total. The molecular formula is C12H19ClN4. The molecule has 0 aliphatic heterocycles. The lowest BCUT2D eigenvalue weighted by Gasteiger charge is -2.11. The van der Waals surface area contributed by atoms with Gasteiger partial charge in [-0.25, -0.2) is 4.98 Å². The minimum atomic E-state index is 0.346. The van der Waals surface area contributed by atoms with Crippen molar-refractivity contribution in [3.8, 4) is 0 Å². The number of nitrogens with zero attached hydrogens (tertiary/aromatic N) is 4. The van der Waals surface area contributed by atoms with Gasteiger partial charge in [0.25, 0.3) is 0 Å². The first-order chi connectivity index (χ1) is 8.10. The van der Waals surface area contributed by atoms with Gasteiger partial charge in [-0.1, -0.05) is 13.3 Å². The Hall–Kier alpha value is -1.03. The van der Waals surface area contributed by atoms with Crippen LogP contribution < -0.4 is 0 Å². The average Bonchev–Trinajstić information content (AvgIpc) is 2.78. The number of alkyl halides is 1. The molecule has 2 rings (SSSR count). The number of aryl methyl sites for hydroxylation is 2. The van der Waals surface area contributed by atoms with E-state index in [1.807, 2.05) is 11.7 Å². The zero-order valence-corrected chi connectivity index (χ0v) is 11.6. The molecule has 0 atom stereocenters. The number of hydrogen-bond donors (Lipinski definition) is 0. The summed E-state index contributed by atoms with van der Waals surface area (Å²) >= 11 is 5.97. The fourth-order valence-electron chi connectivity index (χ4n) is 2.29. The van der Waals surface area contributed by atoms with Crippen LogP contribution in [0.25, 0.3) is 11.2 Å². The van der Waals surface area contributed by atoms with Crippen LogP contribution in [-0.4, -0.2) is 19.3 Å². The topological polar surface area (TPSA) is 35.6 Å². The minimum Gasteiger partial charge on any atom is -0.309 e. The predicted molar refractivity (Wildman–Crippen MR) is 70.4 cm³/mol. The molecule has 0 saturated heterocycles. The number of rotatable bonds is 4. The second-order valence-corrected chi connectivity index (χ2v) is 4.89. The zero-order valence-electron chi connectivity index (χ0n) is 10.9. The van der Waals surface area contributed by atoms with E-state index >= 15 is 0 Å². The fraction of sp³-hybridized carbons (Fsp3) is 0.667. The molecule has 0 unspecified atom stereocenters. The maximum atomic E-state index is 5.97. The van der Waals surface area contributed by atoms with Crippen LogP contribution in [0.1, 0.15) is 44.8 Å². The third kappa shape index (κ3) is 1.95. The SMILES string of the molecule is CCCc1nn(C)c2c1nc(CCl)n2C(C)C. The lowest BCUT2D eigenvalue weighted by atomic mass is 10.2. The lowest BCUT2D eigenvalue weighted by Crippen LogP contribution is -2.08. The molecular weight excluding hydrogens is 236 g/mol. The van der Waals surface area contributed by atoms with E-state index in [-0.39, 0.29) is 0 Å². The maximum Gasteiger partial charge on any atom is 0.158 e. The first-order valence-corrected chi connectivity index (χ1v) is 6.62. The van der Waals surface area contributed by atoms with Gasteiger partial charge in [-0.3, -0.25) is 4.68 Å². The molecule has 2 aromatic rings. The molecule has 0 aliphatic carbocycles. The van der Waals surface area contributed by atoms with E-state index in [1.54, 1.807) is 0 Å². The van der Waals surface area contributed by atoms with E-state index in [0.717, 1.165) is 35.5 Å². The van der Waals surface area contributed by atoms with E-state index in [4.69, 9.17) is 11.6 Å². The Labute approximate surface area is 107 Å². The lowest BCUT2D eigenvalue weighted by molar-refractivity contribution is 0.575. The third-order valence-corrected chi connectivity index (χ3v) is 3.17. The van der Waals surface area contributed by atoms with E-state index < -0.39 is 0 Å².